The fourth-order valence-electron chi connectivity index (χ4n) is 3.90. The van der Waals surface area contributed by atoms with Gasteiger partial charge >= 0.3 is 5.63 Å². The third kappa shape index (κ3) is 5.25. The molecule has 0 bridgehead atoms. The van der Waals surface area contributed by atoms with Crippen LogP contribution in [0.4, 0.5) is 4.39 Å². The first-order chi connectivity index (χ1) is 15.6. The summed E-state index contributed by atoms with van der Waals surface area (Å²) in [7, 11) is 0. The highest BCUT2D eigenvalue weighted by Gasteiger charge is 2.14. The lowest BCUT2D eigenvalue weighted by Gasteiger charge is -2.14. The van der Waals surface area contributed by atoms with Gasteiger partial charge in [0.25, 0.3) is 0 Å². The highest BCUT2D eigenvalue weighted by Crippen LogP contribution is 2.33. The molecular formula is C28H27FO3. The summed E-state index contributed by atoms with van der Waals surface area (Å²) in [4.78, 5) is 12.3. The molecule has 0 saturated heterocycles. The smallest absolute Gasteiger partial charge is 0.336 e. The molecule has 0 aliphatic carbocycles. The number of rotatable bonds is 9. The van der Waals surface area contributed by atoms with E-state index in [1.54, 1.807) is 18.2 Å². The summed E-state index contributed by atoms with van der Waals surface area (Å²) in [6.45, 7) is 2.51. The first-order valence-corrected chi connectivity index (χ1v) is 11.2. The van der Waals surface area contributed by atoms with Gasteiger partial charge in [-0.1, -0.05) is 68.7 Å². The molecule has 3 nitrogen and oxygen atoms in total. The molecule has 32 heavy (non-hydrogen) atoms. The van der Waals surface area contributed by atoms with Gasteiger partial charge in [-0.15, -0.1) is 0 Å². The lowest BCUT2D eigenvalue weighted by atomic mass is 9.98. The third-order valence-electron chi connectivity index (χ3n) is 5.62. The molecule has 4 heteroatoms. The number of benzene rings is 3. The highest BCUT2D eigenvalue weighted by molar-refractivity contribution is 5.94. The quantitative estimate of drug-likeness (QED) is 0.207. The predicted octanol–water partition coefficient (Wildman–Crippen LogP) is 7.30. The maximum atomic E-state index is 13.2. The van der Waals surface area contributed by atoms with Gasteiger partial charge in [0.05, 0.1) is 0 Å². The SMILES string of the molecule is CCCCCCc1cc2c(-c3ccccc3)cc(=O)oc2cc1OCc1ccc(F)cc1. The fraction of sp³-hybridized carbons (Fsp3) is 0.250. The maximum Gasteiger partial charge on any atom is 0.336 e. The molecule has 4 aromatic rings. The van der Waals surface area contributed by atoms with Crippen molar-refractivity contribution in [2.75, 3.05) is 0 Å². The lowest BCUT2D eigenvalue weighted by molar-refractivity contribution is 0.302. The second-order valence-electron chi connectivity index (χ2n) is 8.03. The van der Waals surface area contributed by atoms with Crippen molar-refractivity contribution in [3.05, 3.63) is 100 Å². The summed E-state index contributed by atoms with van der Waals surface area (Å²) in [6.07, 6.45) is 5.46. The van der Waals surface area contributed by atoms with E-state index in [2.05, 4.69) is 13.0 Å². The van der Waals surface area contributed by atoms with E-state index >= 15 is 0 Å². The molecule has 0 spiro atoms. The summed E-state index contributed by atoms with van der Waals surface area (Å²) in [5.74, 6) is 0.429. The molecule has 0 unspecified atom stereocenters. The Kier molecular flexibility index (Phi) is 7.00. The van der Waals surface area contributed by atoms with Crippen molar-refractivity contribution in [3.8, 4) is 16.9 Å². The Labute approximate surface area is 187 Å². The molecule has 164 valence electrons. The van der Waals surface area contributed by atoms with Crippen LogP contribution in [0.3, 0.4) is 0 Å². The van der Waals surface area contributed by atoms with E-state index < -0.39 is 5.63 Å². The summed E-state index contributed by atoms with van der Waals surface area (Å²) in [6, 6.07) is 21.6. The van der Waals surface area contributed by atoms with Gasteiger partial charge in [-0.25, -0.2) is 9.18 Å². The molecule has 0 N–H and O–H groups in total. The Morgan fingerprint density at radius 1 is 0.906 bits per heavy atom. The summed E-state index contributed by atoms with van der Waals surface area (Å²) in [5, 5.41) is 0.899. The normalized spacial score (nSPS) is 11.1. The van der Waals surface area contributed by atoms with Crippen molar-refractivity contribution in [1.82, 2.24) is 0 Å². The predicted molar refractivity (Wildman–Crippen MR) is 126 cm³/mol. The van der Waals surface area contributed by atoms with Crippen LogP contribution in [0.2, 0.25) is 0 Å². The molecule has 0 aliphatic rings. The molecular weight excluding hydrogens is 403 g/mol. The fourth-order valence-corrected chi connectivity index (χ4v) is 3.90. The van der Waals surface area contributed by atoms with E-state index in [0.717, 1.165) is 46.9 Å². The first-order valence-electron chi connectivity index (χ1n) is 11.2. The summed E-state index contributed by atoms with van der Waals surface area (Å²) >= 11 is 0. The molecule has 1 heterocycles. The van der Waals surface area contributed by atoms with Crippen LogP contribution in [0.15, 0.2) is 82.0 Å². The number of fused-ring (bicyclic) bond motifs is 1. The van der Waals surface area contributed by atoms with Crippen molar-refractivity contribution < 1.29 is 13.5 Å². The molecule has 0 radical (unpaired) electrons. The van der Waals surface area contributed by atoms with Gasteiger partial charge in [-0.2, -0.15) is 0 Å². The molecule has 4 rings (SSSR count). The number of hydrogen-bond donors (Lipinski definition) is 0. The van der Waals surface area contributed by atoms with Gasteiger partial charge in [-0.05, 0) is 53.3 Å². The van der Waals surface area contributed by atoms with E-state index in [1.807, 2.05) is 36.4 Å². The number of aryl methyl sites for hydroxylation is 1. The number of unbranched alkanes of at least 4 members (excludes halogenated alkanes) is 3. The Bertz CT molecular complexity index is 1230. The first kappa shape index (κ1) is 21.8. The van der Waals surface area contributed by atoms with Gasteiger partial charge in [-0.3, -0.25) is 0 Å². The Morgan fingerprint density at radius 3 is 2.44 bits per heavy atom. The second-order valence-corrected chi connectivity index (χ2v) is 8.03. The van der Waals surface area contributed by atoms with Gasteiger partial charge < -0.3 is 9.15 Å². The molecule has 3 aromatic carbocycles. The van der Waals surface area contributed by atoms with Gasteiger partial charge in [0.2, 0.25) is 0 Å². The van der Waals surface area contributed by atoms with Crippen molar-refractivity contribution in [2.24, 2.45) is 0 Å². The average Bonchev–Trinajstić information content (AvgIpc) is 2.81. The van der Waals surface area contributed by atoms with Crippen molar-refractivity contribution in [1.29, 1.82) is 0 Å². The molecule has 0 fully saturated rings. The van der Waals surface area contributed by atoms with E-state index in [9.17, 15) is 9.18 Å². The number of ether oxygens (including phenoxy) is 1. The van der Waals surface area contributed by atoms with Crippen molar-refractivity contribution in [2.45, 2.75) is 45.6 Å². The molecule has 1 aromatic heterocycles. The summed E-state index contributed by atoms with van der Waals surface area (Å²) in [5.41, 5.74) is 3.91. The van der Waals surface area contributed by atoms with Crippen LogP contribution in [0.25, 0.3) is 22.1 Å². The van der Waals surface area contributed by atoms with E-state index in [4.69, 9.17) is 9.15 Å². The Morgan fingerprint density at radius 2 is 1.69 bits per heavy atom. The molecule has 0 aliphatic heterocycles. The summed E-state index contributed by atoms with van der Waals surface area (Å²) < 4.78 is 24.9. The van der Waals surface area contributed by atoms with E-state index in [1.165, 1.54) is 25.0 Å². The minimum Gasteiger partial charge on any atom is -0.488 e. The van der Waals surface area contributed by atoms with Crippen LogP contribution in [0.1, 0.15) is 43.7 Å². The second kappa shape index (κ2) is 10.3. The molecule has 0 saturated carbocycles. The third-order valence-corrected chi connectivity index (χ3v) is 5.62. The molecule has 0 amide bonds. The average molecular weight is 431 g/mol. The zero-order valence-electron chi connectivity index (χ0n) is 18.3. The van der Waals surface area contributed by atoms with Gasteiger partial charge in [0.15, 0.2) is 0 Å². The van der Waals surface area contributed by atoms with E-state index in [0.29, 0.717) is 17.9 Å². The highest BCUT2D eigenvalue weighted by atomic mass is 19.1. The van der Waals surface area contributed by atoms with Crippen LogP contribution in [0, 0.1) is 5.82 Å². The van der Waals surface area contributed by atoms with Crippen molar-refractivity contribution in [3.63, 3.8) is 0 Å². The van der Waals surface area contributed by atoms with Crippen molar-refractivity contribution >= 4 is 11.0 Å². The Balaban J connectivity index is 1.73. The lowest BCUT2D eigenvalue weighted by Crippen LogP contribution is -2.02. The monoisotopic (exact) mass is 430 g/mol. The topological polar surface area (TPSA) is 39.4 Å². The maximum absolute atomic E-state index is 13.2. The zero-order valence-corrected chi connectivity index (χ0v) is 18.3. The van der Waals surface area contributed by atoms with E-state index in [-0.39, 0.29) is 5.82 Å². The minimum absolute atomic E-state index is 0.272. The minimum atomic E-state index is -0.392. The number of halogens is 1. The largest absolute Gasteiger partial charge is 0.488 e. The van der Waals surface area contributed by atoms with Crippen LogP contribution < -0.4 is 10.4 Å². The van der Waals surface area contributed by atoms with Crippen LogP contribution in [-0.2, 0) is 13.0 Å². The van der Waals surface area contributed by atoms with Crippen LogP contribution in [0.5, 0.6) is 5.75 Å². The van der Waals surface area contributed by atoms with Crippen LogP contribution in [-0.4, -0.2) is 0 Å². The van der Waals surface area contributed by atoms with Gasteiger partial charge in [0, 0.05) is 17.5 Å². The number of hydrogen-bond acceptors (Lipinski definition) is 3. The van der Waals surface area contributed by atoms with Crippen LogP contribution >= 0.6 is 0 Å². The molecule has 0 atom stereocenters. The standard InChI is InChI=1S/C28H27FO3/c1-2-3-4-6-11-22-16-25-24(21-9-7-5-8-10-21)17-28(30)32-27(25)18-26(22)31-19-20-12-14-23(29)15-13-20/h5,7-10,12-18H,2-4,6,11,19H2,1H3. The Hall–Kier alpha value is -3.40. The zero-order chi connectivity index (χ0) is 22.3. The van der Waals surface area contributed by atoms with Gasteiger partial charge in [0.1, 0.15) is 23.8 Å².